The van der Waals surface area contributed by atoms with Crippen LogP contribution in [-0.4, -0.2) is 17.5 Å². The highest BCUT2D eigenvalue weighted by Gasteiger charge is 2.52. The van der Waals surface area contributed by atoms with Gasteiger partial charge < -0.3 is 0 Å². The molecule has 0 bridgehead atoms. The molecule has 2 unspecified atom stereocenters. The van der Waals surface area contributed by atoms with Crippen molar-refractivity contribution in [1.82, 2.24) is 0 Å². The number of ketones is 2. The van der Waals surface area contributed by atoms with Crippen molar-refractivity contribution in [2.45, 2.75) is 6.04 Å². The predicted molar refractivity (Wildman–Crippen MR) is 112 cm³/mol. The molecule has 29 heavy (non-hydrogen) atoms. The number of para-hydroxylation sites is 1. The van der Waals surface area contributed by atoms with E-state index in [1.165, 1.54) is 4.90 Å². The van der Waals surface area contributed by atoms with Crippen molar-refractivity contribution < 1.29 is 14.4 Å². The molecule has 1 saturated heterocycles. The lowest BCUT2D eigenvalue weighted by Gasteiger charge is -2.28. The molecule has 6 heteroatoms. The average Bonchev–Trinajstić information content (AvgIpc) is 3.00. The van der Waals surface area contributed by atoms with E-state index in [0.29, 0.717) is 26.9 Å². The molecule has 0 N–H and O–H groups in total. The molecule has 144 valence electrons. The maximum absolute atomic E-state index is 13.3. The topological polar surface area (TPSA) is 54.5 Å². The monoisotopic (exact) mass is 423 g/mol. The van der Waals surface area contributed by atoms with Crippen molar-refractivity contribution in [3.8, 4) is 0 Å². The van der Waals surface area contributed by atoms with E-state index in [2.05, 4.69) is 0 Å². The molecule has 4 nitrogen and oxygen atoms in total. The van der Waals surface area contributed by atoms with Crippen LogP contribution >= 0.6 is 23.2 Å². The second kappa shape index (κ2) is 7.82. The van der Waals surface area contributed by atoms with E-state index < -0.39 is 29.4 Å². The number of halogens is 2. The average molecular weight is 424 g/mol. The molecule has 4 rings (SSSR count). The van der Waals surface area contributed by atoms with E-state index >= 15 is 0 Å². The predicted octanol–water partition coefficient (Wildman–Crippen LogP) is 5.15. The minimum atomic E-state index is -1.18. The fourth-order valence-corrected chi connectivity index (χ4v) is 3.98. The van der Waals surface area contributed by atoms with Crippen LogP contribution in [0.15, 0.2) is 78.9 Å². The Kier molecular flexibility index (Phi) is 5.22. The number of carbonyl (C=O) groups excluding carboxylic acids is 3. The van der Waals surface area contributed by atoms with Gasteiger partial charge in [0.25, 0.3) is 5.91 Å². The van der Waals surface area contributed by atoms with Gasteiger partial charge in [-0.3, -0.25) is 19.3 Å². The zero-order chi connectivity index (χ0) is 20.5. The second-order valence-corrected chi connectivity index (χ2v) is 7.54. The summed E-state index contributed by atoms with van der Waals surface area (Å²) >= 11 is 12.3. The lowest BCUT2D eigenvalue weighted by molar-refractivity contribution is -0.135. The standard InChI is InChI=1S/C23H15Cl2NO3/c24-16-12-10-14(11-13-16)20-19(21(27)15-6-2-1-3-7-15)22(28)23(29)26(20)18-9-5-4-8-17(18)25/h1-13,19-20H. The van der Waals surface area contributed by atoms with Crippen molar-refractivity contribution in [3.05, 3.63) is 100 Å². The molecule has 1 heterocycles. The highest BCUT2D eigenvalue weighted by Crippen LogP contribution is 2.43. The SMILES string of the molecule is O=C1C(=O)N(c2ccccc2Cl)C(c2ccc(Cl)cc2)C1C(=O)c1ccccc1. The highest BCUT2D eigenvalue weighted by atomic mass is 35.5. The number of nitrogens with zero attached hydrogens (tertiary/aromatic N) is 1. The number of amides is 1. The molecule has 2 atom stereocenters. The van der Waals surface area contributed by atoms with E-state index in [9.17, 15) is 14.4 Å². The summed E-state index contributed by atoms with van der Waals surface area (Å²) in [6.45, 7) is 0. The lowest BCUT2D eigenvalue weighted by atomic mass is 9.86. The number of carbonyl (C=O) groups is 3. The van der Waals surface area contributed by atoms with Crippen LogP contribution in [0.1, 0.15) is 22.0 Å². The van der Waals surface area contributed by atoms with Crippen molar-refractivity contribution in [1.29, 1.82) is 0 Å². The van der Waals surface area contributed by atoms with Gasteiger partial charge in [0.15, 0.2) is 5.78 Å². The summed E-state index contributed by atoms with van der Waals surface area (Å²) in [6, 6.07) is 21.2. The molecule has 3 aromatic carbocycles. The number of rotatable bonds is 4. The number of Topliss-reactive ketones (excluding diaryl/α,β-unsaturated/α-hetero) is 2. The third-order valence-corrected chi connectivity index (χ3v) is 5.54. The van der Waals surface area contributed by atoms with Crippen LogP contribution in [0.4, 0.5) is 5.69 Å². The molecule has 1 aliphatic heterocycles. The molecule has 0 radical (unpaired) electrons. The summed E-state index contributed by atoms with van der Waals surface area (Å²) in [6.07, 6.45) is 0. The molecule has 1 fully saturated rings. The van der Waals surface area contributed by atoms with E-state index in [-0.39, 0.29) is 0 Å². The zero-order valence-electron chi connectivity index (χ0n) is 15.1. The van der Waals surface area contributed by atoms with E-state index in [0.717, 1.165) is 0 Å². The van der Waals surface area contributed by atoms with Crippen LogP contribution in [0.3, 0.4) is 0 Å². The van der Waals surface area contributed by atoms with Crippen molar-refractivity contribution in [2.24, 2.45) is 5.92 Å². The Morgan fingerprint density at radius 1 is 0.793 bits per heavy atom. The summed E-state index contributed by atoms with van der Waals surface area (Å²) in [5.74, 6) is -3.09. The van der Waals surface area contributed by atoms with Gasteiger partial charge in [0.1, 0.15) is 5.92 Å². The quantitative estimate of drug-likeness (QED) is 0.331. The van der Waals surface area contributed by atoms with Crippen LogP contribution in [0.2, 0.25) is 10.0 Å². The number of benzene rings is 3. The van der Waals surface area contributed by atoms with Crippen molar-refractivity contribution in [2.75, 3.05) is 4.90 Å². The molecule has 1 amide bonds. The van der Waals surface area contributed by atoms with Crippen molar-refractivity contribution >= 4 is 46.4 Å². The first kappa shape index (κ1) is 19.4. The normalized spacial score (nSPS) is 18.9. The maximum atomic E-state index is 13.3. The highest BCUT2D eigenvalue weighted by molar-refractivity contribution is 6.49. The fraction of sp³-hybridized carbons (Fsp3) is 0.0870. The molecule has 0 spiro atoms. The summed E-state index contributed by atoms with van der Waals surface area (Å²) in [5, 5.41) is 0.833. The Labute approximate surface area is 177 Å². The van der Waals surface area contributed by atoms with Gasteiger partial charge >= 0.3 is 0 Å². The summed E-state index contributed by atoms with van der Waals surface area (Å²) in [4.78, 5) is 40.6. The Morgan fingerprint density at radius 2 is 1.41 bits per heavy atom. The van der Waals surface area contributed by atoms with E-state index in [4.69, 9.17) is 23.2 Å². The summed E-state index contributed by atoms with van der Waals surface area (Å²) in [5.41, 5.74) is 1.39. The number of hydrogen-bond acceptors (Lipinski definition) is 3. The van der Waals surface area contributed by atoms with Crippen LogP contribution in [-0.2, 0) is 9.59 Å². The van der Waals surface area contributed by atoms with Crippen LogP contribution in [0.25, 0.3) is 0 Å². The van der Waals surface area contributed by atoms with Gasteiger partial charge in [0.2, 0.25) is 5.78 Å². The van der Waals surface area contributed by atoms with Crippen LogP contribution in [0.5, 0.6) is 0 Å². The largest absolute Gasteiger partial charge is 0.296 e. The van der Waals surface area contributed by atoms with Gasteiger partial charge in [-0.25, -0.2) is 0 Å². The maximum Gasteiger partial charge on any atom is 0.295 e. The van der Waals surface area contributed by atoms with E-state index in [1.54, 1.807) is 78.9 Å². The minimum Gasteiger partial charge on any atom is -0.296 e. The third-order valence-electron chi connectivity index (χ3n) is 4.97. The smallest absolute Gasteiger partial charge is 0.295 e. The molecule has 3 aromatic rings. The Bertz CT molecular complexity index is 1100. The Balaban J connectivity index is 1.88. The molecule has 0 saturated carbocycles. The van der Waals surface area contributed by atoms with Gasteiger partial charge in [0, 0.05) is 10.6 Å². The van der Waals surface area contributed by atoms with Gasteiger partial charge in [-0.1, -0.05) is 77.8 Å². The third kappa shape index (κ3) is 3.46. The Morgan fingerprint density at radius 3 is 2.07 bits per heavy atom. The van der Waals surface area contributed by atoms with Gasteiger partial charge in [-0.2, -0.15) is 0 Å². The molecular weight excluding hydrogens is 409 g/mol. The first-order chi connectivity index (χ1) is 14.0. The first-order valence-corrected chi connectivity index (χ1v) is 9.71. The van der Waals surface area contributed by atoms with Crippen LogP contribution < -0.4 is 4.90 Å². The van der Waals surface area contributed by atoms with Gasteiger partial charge in [0.05, 0.1) is 16.8 Å². The number of anilines is 1. The van der Waals surface area contributed by atoms with E-state index in [1.807, 2.05) is 0 Å². The summed E-state index contributed by atoms with van der Waals surface area (Å²) in [7, 11) is 0. The fourth-order valence-electron chi connectivity index (χ4n) is 3.62. The zero-order valence-corrected chi connectivity index (χ0v) is 16.6. The minimum absolute atomic E-state index is 0.320. The summed E-state index contributed by atoms with van der Waals surface area (Å²) < 4.78 is 0. The molecule has 0 aromatic heterocycles. The molecule has 1 aliphatic rings. The second-order valence-electron chi connectivity index (χ2n) is 6.70. The molecular formula is C23H15Cl2NO3. The molecule has 0 aliphatic carbocycles. The lowest BCUT2D eigenvalue weighted by Crippen LogP contribution is -2.30. The first-order valence-electron chi connectivity index (χ1n) is 8.95. The van der Waals surface area contributed by atoms with Crippen LogP contribution in [0, 0.1) is 5.92 Å². The Hall–Kier alpha value is -2.95. The van der Waals surface area contributed by atoms with Crippen molar-refractivity contribution in [3.63, 3.8) is 0 Å². The van der Waals surface area contributed by atoms with Gasteiger partial charge in [-0.15, -0.1) is 0 Å². The van der Waals surface area contributed by atoms with Gasteiger partial charge in [-0.05, 0) is 29.8 Å². The number of hydrogen-bond donors (Lipinski definition) is 0.